The smallest absolute Gasteiger partial charge is 0.243 e. The zero-order valence-corrected chi connectivity index (χ0v) is 16.9. The summed E-state index contributed by atoms with van der Waals surface area (Å²) in [5.41, 5.74) is 0.816. The van der Waals surface area contributed by atoms with Crippen LogP contribution < -0.4 is 10.1 Å². The number of para-hydroxylation sites is 1. The Morgan fingerprint density at radius 1 is 1.15 bits per heavy atom. The minimum atomic E-state index is -3.78. The maximum Gasteiger partial charge on any atom is 0.243 e. The van der Waals surface area contributed by atoms with Gasteiger partial charge in [0.15, 0.2) is 0 Å². The second-order valence-electron chi connectivity index (χ2n) is 5.88. The molecule has 1 N–H and O–H groups in total. The second-order valence-corrected chi connectivity index (χ2v) is 8.26. The normalized spacial score (nSPS) is 11.4. The highest BCUT2D eigenvalue weighted by Gasteiger charge is 2.25. The number of ether oxygens (including phenoxy) is 1. The maximum atomic E-state index is 12.8. The minimum absolute atomic E-state index is 0.109. The van der Waals surface area contributed by atoms with Crippen LogP contribution >= 0.6 is 11.6 Å². The van der Waals surface area contributed by atoms with E-state index in [0.29, 0.717) is 17.2 Å². The lowest BCUT2D eigenvalue weighted by Gasteiger charge is -2.21. The Hall–Kier alpha value is -2.09. The third kappa shape index (κ3) is 5.69. The second kappa shape index (κ2) is 9.73. The van der Waals surface area contributed by atoms with Gasteiger partial charge < -0.3 is 10.1 Å². The molecular weight excluding hydrogens is 388 g/mol. The number of carbonyl (C=O) groups excluding carboxylic acids is 1. The first-order chi connectivity index (χ1) is 12.9. The monoisotopic (exact) mass is 410 g/mol. The van der Waals surface area contributed by atoms with Gasteiger partial charge >= 0.3 is 0 Å². The minimum Gasteiger partial charge on any atom is -0.496 e. The fourth-order valence-electron chi connectivity index (χ4n) is 2.55. The molecule has 2 rings (SSSR count). The van der Waals surface area contributed by atoms with Crippen molar-refractivity contribution in [3.8, 4) is 5.75 Å². The van der Waals surface area contributed by atoms with Crippen molar-refractivity contribution in [1.29, 1.82) is 0 Å². The number of halogens is 1. The van der Waals surface area contributed by atoms with Gasteiger partial charge in [0, 0.05) is 23.7 Å². The molecule has 0 bridgehead atoms. The summed E-state index contributed by atoms with van der Waals surface area (Å²) < 4.78 is 32.1. The molecule has 0 saturated heterocycles. The lowest BCUT2D eigenvalue weighted by atomic mass is 10.2. The molecule has 146 valence electrons. The molecule has 0 heterocycles. The molecule has 2 aromatic rings. The van der Waals surface area contributed by atoms with E-state index in [4.69, 9.17) is 16.3 Å². The first kappa shape index (κ1) is 21.2. The zero-order chi connectivity index (χ0) is 19.9. The molecule has 27 heavy (non-hydrogen) atoms. The quantitative estimate of drug-likeness (QED) is 0.689. The van der Waals surface area contributed by atoms with Crippen LogP contribution in [0.15, 0.2) is 53.4 Å². The third-order valence-electron chi connectivity index (χ3n) is 3.91. The van der Waals surface area contributed by atoms with Crippen LogP contribution in [0.1, 0.15) is 18.9 Å². The van der Waals surface area contributed by atoms with Crippen molar-refractivity contribution < 1.29 is 17.9 Å². The van der Waals surface area contributed by atoms with Gasteiger partial charge in [-0.25, -0.2) is 8.42 Å². The maximum absolute atomic E-state index is 12.8. The van der Waals surface area contributed by atoms with Crippen molar-refractivity contribution >= 4 is 27.5 Å². The summed E-state index contributed by atoms with van der Waals surface area (Å²) in [6.07, 6.45) is 0.590. The molecule has 0 radical (unpaired) electrons. The highest BCUT2D eigenvalue weighted by Crippen LogP contribution is 2.19. The van der Waals surface area contributed by atoms with E-state index in [-0.39, 0.29) is 30.4 Å². The highest BCUT2D eigenvalue weighted by atomic mass is 35.5. The molecule has 0 aliphatic heterocycles. The molecule has 0 atom stereocenters. The van der Waals surface area contributed by atoms with Crippen LogP contribution in [0.4, 0.5) is 0 Å². The largest absolute Gasteiger partial charge is 0.496 e. The number of nitrogens with zero attached hydrogens (tertiary/aromatic N) is 1. The molecule has 0 spiro atoms. The highest BCUT2D eigenvalue weighted by molar-refractivity contribution is 7.89. The average Bonchev–Trinajstić information content (AvgIpc) is 2.66. The molecule has 0 unspecified atom stereocenters. The fourth-order valence-corrected chi connectivity index (χ4v) is 4.16. The fraction of sp³-hybridized carbons (Fsp3) is 0.316. The molecule has 0 aliphatic carbocycles. The van der Waals surface area contributed by atoms with Gasteiger partial charge in [0.25, 0.3) is 0 Å². The number of sulfonamides is 1. The molecule has 1 amide bonds. The first-order valence-electron chi connectivity index (χ1n) is 8.52. The van der Waals surface area contributed by atoms with Crippen molar-refractivity contribution in [2.45, 2.75) is 24.8 Å². The van der Waals surface area contributed by atoms with E-state index in [1.165, 1.54) is 28.6 Å². The summed E-state index contributed by atoms with van der Waals surface area (Å²) in [6.45, 7) is 2.10. The van der Waals surface area contributed by atoms with Gasteiger partial charge in [-0.3, -0.25) is 4.79 Å². The average molecular weight is 411 g/mol. The van der Waals surface area contributed by atoms with Crippen LogP contribution in [0.2, 0.25) is 5.02 Å². The number of carbonyl (C=O) groups is 1. The Labute approximate surface area is 165 Å². The molecular formula is C19H23ClN2O4S. The molecule has 0 saturated carbocycles. The number of hydrogen-bond donors (Lipinski definition) is 1. The molecule has 0 fully saturated rings. The Bertz CT molecular complexity index is 870. The summed E-state index contributed by atoms with van der Waals surface area (Å²) in [7, 11) is -2.22. The van der Waals surface area contributed by atoms with Gasteiger partial charge in [-0.15, -0.1) is 0 Å². The van der Waals surface area contributed by atoms with Crippen LogP contribution in [0.5, 0.6) is 5.75 Å². The molecule has 0 aliphatic rings. The van der Waals surface area contributed by atoms with Gasteiger partial charge in [0.05, 0.1) is 18.6 Å². The van der Waals surface area contributed by atoms with E-state index in [1.54, 1.807) is 13.2 Å². The Balaban J connectivity index is 2.08. The summed E-state index contributed by atoms with van der Waals surface area (Å²) in [4.78, 5) is 12.5. The summed E-state index contributed by atoms with van der Waals surface area (Å²) in [5, 5.41) is 3.20. The van der Waals surface area contributed by atoms with E-state index in [0.717, 1.165) is 5.56 Å². The van der Waals surface area contributed by atoms with Gasteiger partial charge in [-0.2, -0.15) is 4.31 Å². The van der Waals surface area contributed by atoms with E-state index >= 15 is 0 Å². The van der Waals surface area contributed by atoms with Gasteiger partial charge in [-0.1, -0.05) is 36.7 Å². The van der Waals surface area contributed by atoms with Gasteiger partial charge in [-0.05, 0) is 36.8 Å². The standard InChI is InChI=1S/C19H23ClN2O4S/c1-3-12-22(27(24,25)17-10-8-16(20)9-11-17)14-19(23)21-13-15-6-4-5-7-18(15)26-2/h4-11H,3,12-14H2,1-2H3,(H,21,23). The summed E-state index contributed by atoms with van der Waals surface area (Å²) in [6, 6.07) is 13.2. The van der Waals surface area contributed by atoms with Crippen molar-refractivity contribution in [2.24, 2.45) is 0 Å². The van der Waals surface area contributed by atoms with Crippen molar-refractivity contribution in [1.82, 2.24) is 9.62 Å². The van der Waals surface area contributed by atoms with Crippen molar-refractivity contribution in [3.05, 3.63) is 59.1 Å². The number of benzene rings is 2. The van der Waals surface area contributed by atoms with Gasteiger partial charge in [0.1, 0.15) is 5.75 Å². The molecule has 2 aromatic carbocycles. The predicted molar refractivity (Wildman–Crippen MR) is 105 cm³/mol. The number of methoxy groups -OCH3 is 1. The predicted octanol–water partition coefficient (Wildman–Crippen LogP) is 3.07. The van der Waals surface area contributed by atoms with E-state index in [9.17, 15) is 13.2 Å². The Morgan fingerprint density at radius 2 is 1.81 bits per heavy atom. The van der Waals surface area contributed by atoms with Crippen LogP contribution in [0, 0.1) is 0 Å². The number of rotatable bonds is 9. The lowest BCUT2D eigenvalue weighted by Crippen LogP contribution is -2.40. The molecule has 6 nitrogen and oxygen atoms in total. The molecule has 0 aromatic heterocycles. The first-order valence-corrected chi connectivity index (χ1v) is 10.3. The van der Waals surface area contributed by atoms with Crippen molar-refractivity contribution in [3.63, 3.8) is 0 Å². The van der Waals surface area contributed by atoms with E-state index < -0.39 is 10.0 Å². The van der Waals surface area contributed by atoms with E-state index in [1.807, 2.05) is 25.1 Å². The number of amides is 1. The zero-order valence-electron chi connectivity index (χ0n) is 15.3. The number of nitrogens with one attached hydrogen (secondary N) is 1. The lowest BCUT2D eigenvalue weighted by molar-refractivity contribution is -0.121. The topological polar surface area (TPSA) is 75.7 Å². The third-order valence-corrected chi connectivity index (χ3v) is 6.02. The SMILES string of the molecule is CCCN(CC(=O)NCc1ccccc1OC)S(=O)(=O)c1ccc(Cl)cc1. The Morgan fingerprint density at radius 3 is 2.44 bits per heavy atom. The van der Waals surface area contributed by atoms with Crippen LogP contribution in [-0.2, 0) is 21.4 Å². The van der Waals surface area contributed by atoms with Crippen molar-refractivity contribution in [2.75, 3.05) is 20.2 Å². The molecule has 8 heteroatoms. The number of hydrogen-bond acceptors (Lipinski definition) is 4. The Kier molecular flexibility index (Phi) is 7.65. The van der Waals surface area contributed by atoms with Crippen LogP contribution in [0.25, 0.3) is 0 Å². The van der Waals surface area contributed by atoms with Gasteiger partial charge in [0.2, 0.25) is 15.9 Å². The van der Waals surface area contributed by atoms with Crippen LogP contribution in [-0.4, -0.2) is 38.8 Å². The summed E-state index contributed by atoms with van der Waals surface area (Å²) >= 11 is 5.83. The summed E-state index contributed by atoms with van der Waals surface area (Å²) in [5.74, 6) is 0.281. The van der Waals surface area contributed by atoms with Crippen LogP contribution in [0.3, 0.4) is 0 Å². The van der Waals surface area contributed by atoms with E-state index in [2.05, 4.69) is 5.32 Å².